The van der Waals surface area contributed by atoms with Crippen LogP contribution in [0.3, 0.4) is 0 Å². The molecular weight excluding hydrogens is 452 g/mol. The molecule has 2 fully saturated rings. The molecule has 0 aliphatic carbocycles. The van der Waals surface area contributed by atoms with Gasteiger partial charge in [-0.2, -0.15) is 0 Å². The summed E-state index contributed by atoms with van der Waals surface area (Å²) in [5.74, 6) is -1.49. The Kier molecular flexibility index (Phi) is 7.14. The van der Waals surface area contributed by atoms with Gasteiger partial charge in [0.2, 0.25) is 11.8 Å². The summed E-state index contributed by atoms with van der Waals surface area (Å²) in [5.41, 5.74) is 1.31. The zero-order chi connectivity index (χ0) is 25.3. The van der Waals surface area contributed by atoms with Crippen molar-refractivity contribution in [1.82, 2.24) is 15.1 Å². The quantitative estimate of drug-likeness (QED) is 0.455. The molecule has 35 heavy (non-hydrogen) atoms. The molecule has 0 aromatic heterocycles. The number of hydrogen-bond acceptors (Lipinski definition) is 8. The third kappa shape index (κ3) is 5.65. The number of nitrogens with one attached hydrogen (secondary N) is 1. The number of ether oxygens (including phenoxy) is 1. The SMILES string of the molecule is CC(C)(C)OC(=O)CCCN1CCN(c2ccc3c(c2)C(O)N(C2CCC(=O)NC2=O)C3=O)CC1. The lowest BCUT2D eigenvalue weighted by Crippen LogP contribution is -2.53. The lowest BCUT2D eigenvalue weighted by molar-refractivity contribution is -0.155. The Morgan fingerprint density at radius 3 is 2.51 bits per heavy atom. The number of esters is 1. The lowest BCUT2D eigenvalue weighted by atomic mass is 10.0. The maximum atomic E-state index is 12.9. The molecule has 2 atom stereocenters. The molecule has 0 spiro atoms. The predicted molar refractivity (Wildman–Crippen MR) is 127 cm³/mol. The monoisotopic (exact) mass is 486 g/mol. The molecule has 190 valence electrons. The van der Waals surface area contributed by atoms with Crippen LogP contribution in [0.15, 0.2) is 18.2 Å². The van der Waals surface area contributed by atoms with E-state index in [1.165, 1.54) is 4.90 Å². The van der Waals surface area contributed by atoms with Gasteiger partial charge in [0.15, 0.2) is 6.23 Å². The second-order valence-corrected chi connectivity index (χ2v) is 10.3. The minimum absolute atomic E-state index is 0.135. The zero-order valence-corrected chi connectivity index (χ0v) is 20.6. The number of hydrogen-bond donors (Lipinski definition) is 2. The number of carbonyl (C=O) groups excluding carboxylic acids is 4. The van der Waals surface area contributed by atoms with Crippen LogP contribution in [0, 0.1) is 0 Å². The predicted octanol–water partition coefficient (Wildman–Crippen LogP) is 1.18. The molecule has 0 radical (unpaired) electrons. The summed E-state index contributed by atoms with van der Waals surface area (Å²) in [7, 11) is 0. The van der Waals surface area contributed by atoms with Crippen LogP contribution in [0.25, 0.3) is 0 Å². The van der Waals surface area contributed by atoms with E-state index in [-0.39, 0.29) is 24.7 Å². The van der Waals surface area contributed by atoms with Gasteiger partial charge in [-0.25, -0.2) is 0 Å². The highest BCUT2D eigenvalue weighted by molar-refractivity contribution is 6.05. The van der Waals surface area contributed by atoms with E-state index < -0.39 is 29.7 Å². The highest BCUT2D eigenvalue weighted by Crippen LogP contribution is 2.37. The van der Waals surface area contributed by atoms with E-state index >= 15 is 0 Å². The van der Waals surface area contributed by atoms with Gasteiger partial charge in [-0.1, -0.05) is 0 Å². The van der Waals surface area contributed by atoms with Crippen molar-refractivity contribution < 1.29 is 29.0 Å². The second-order valence-electron chi connectivity index (χ2n) is 10.3. The Morgan fingerprint density at radius 2 is 1.86 bits per heavy atom. The number of amides is 3. The van der Waals surface area contributed by atoms with Crippen LogP contribution in [-0.4, -0.2) is 83.0 Å². The van der Waals surface area contributed by atoms with Gasteiger partial charge in [-0.3, -0.25) is 34.3 Å². The van der Waals surface area contributed by atoms with Crippen molar-refractivity contribution in [2.75, 3.05) is 37.6 Å². The molecule has 3 heterocycles. The van der Waals surface area contributed by atoms with Crippen molar-refractivity contribution in [1.29, 1.82) is 0 Å². The minimum atomic E-state index is -1.23. The van der Waals surface area contributed by atoms with Gasteiger partial charge < -0.3 is 14.7 Å². The third-order valence-corrected chi connectivity index (χ3v) is 6.60. The average molecular weight is 487 g/mol. The van der Waals surface area contributed by atoms with Gasteiger partial charge in [0.1, 0.15) is 11.6 Å². The zero-order valence-electron chi connectivity index (χ0n) is 20.6. The summed E-state index contributed by atoms with van der Waals surface area (Å²) in [5, 5.41) is 13.2. The first-order chi connectivity index (χ1) is 16.5. The number of carbonyl (C=O) groups is 4. The molecule has 0 bridgehead atoms. The van der Waals surface area contributed by atoms with Crippen molar-refractivity contribution in [3.63, 3.8) is 0 Å². The molecule has 1 aromatic rings. The van der Waals surface area contributed by atoms with E-state index in [1.54, 1.807) is 6.07 Å². The van der Waals surface area contributed by atoms with Gasteiger partial charge in [-0.15, -0.1) is 0 Å². The van der Waals surface area contributed by atoms with Gasteiger partial charge in [0.05, 0.1) is 0 Å². The molecule has 1 aromatic carbocycles. The summed E-state index contributed by atoms with van der Waals surface area (Å²) < 4.78 is 5.36. The molecule has 10 nitrogen and oxygen atoms in total. The third-order valence-electron chi connectivity index (χ3n) is 6.60. The summed E-state index contributed by atoms with van der Waals surface area (Å²) in [4.78, 5) is 54.3. The lowest BCUT2D eigenvalue weighted by Gasteiger charge is -2.36. The van der Waals surface area contributed by atoms with Crippen molar-refractivity contribution in [2.24, 2.45) is 0 Å². The number of aliphatic hydroxyl groups is 1. The molecule has 10 heteroatoms. The van der Waals surface area contributed by atoms with Crippen LogP contribution in [0.4, 0.5) is 5.69 Å². The number of imide groups is 1. The standard InChI is InChI=1S/C25H34N4O6/c1-25(2,3)35-21(31)5-4-10-27-11-13-28(14-12-27)16-6-7-17-18(15-16)24(34)29(23(17)33)19-8-9-20(30)26-22(19)32/h6-7,15,19,24,34H,4-5,8-14H2,1-3H3,(H,26,30,32). The van der Waals surface area contributed by atoms with E-state index in [9.17, 15) is 24.3 Å². The highest BCUT2D eigenvalue weighted by Gasteiger charge is 2.44. The highest BCUT2D eigenvalue weighted by atomic mass is 16.6. The summed E-state index contributed by atoms with van der Waals surface area (Å²) in [6.45, 7) is 9.67. The second kappa shape index (κ2) is 9.94. The van der Waals surface area contributed by atoms with E-state index in [4.69, 9.17) is 4.74 Å². The summed E-state index contributed by atoms with van der Waals surface area (Å²) in [6.07, 6.45) is 0.257. The Morgan fingerprint density at radius 1 is 1.14 bits per heavy atom. The molecular formula is C25H34N4O6. The molecule has 2 saturated heterocycles. The Balaban J connectivity index is 1.32. The van der Waals surface area contributed by atoms with Crippen molar-refractivity contribution in [3.05, 3.63) is 29.3 Å². The molecule has 0 saturated carbocycles. The van der Waals surface area contributed by atoms with Crippen LogP contribution >= 0.6 is 0 Å². The largest absolute Gasteiger partial charge is 0.460 e. The summed E-state index contributed by atoms with van der Waals surface area (Å²) in [6, 6.07) is 4.53. The first-order valence-electron chi connectivity index (χ1n) is 12.2. The van der Waals surface area contributed by atoms with Gasteiger partial charge in [-0.05, 0) is 58.4 Å². The van der Waals surface area contributed by atoms with Gasteiger partial charge in [0, 0.05) is 55.8 Å². The number of piperazine rings is 1. The fraction of sp³-hybridized carbons (Fsp3) is 0.600. The van der Waals surface area contributed by atoms with E-state index in [2.05, 4.69) is 15.1 Å². The smallest absolute Gasteiger partial charge is 0.306 e. The Hall–Kier alpha value is -2.98. The first kappa shape index (κ1) is 25.1. The average Bonchev–Trinajstić information content (AvgIpc) is 3.03. The molecule has 3 amide bonds. The minimum Gasteiger partial charge on any atom is -0.460 e. The van der Waals surface area contributed by atoms with E-state index in [0.717, 1.165) is 44.8 Å². The van der Waals surface area contributed by atoms with E-state index in [0.29, 0.717) is 17.5 Å². The number of nitrogens with zero attached hydrogens (tertiary/aromatic N) is 3. The molecule has 4 rings (SSSR count). The van der Waals surface area contributed by atoms with Crippen molar-refractivity contribution in [2.45, 2.75) is 64.3 Å². The number of rotatable bonds is 6. The van der Waals surface area contributed by atoms with Crippen molar-refractivity contribution >= 4 is 29.4 Å². The van der Waals surface area contributed by atoms with Crippen LogP contribution in [0.2, 0.25) is 0 Å². The normalized spacial score (nSPS) is 23.4. The summed E-state index contributed by atoms with van der Waals surface area (Å²) >= 11 is 0. The van der Waals surface area contributed by atoms with Crippen LogP contribution in [-0.2, 0) is 19.1 Å². The van der Waals surface area contributed by atoms with Crippen LogP contribution in [0.1, 0.15) is 68.6 Å². The Bertz CT molecular complexity index is 1010. The van der Waals surface area contributed by atoms with Crippen LogP contribution in [0.5, 0.6) is 0 Å². The van der Waals surface area contributed by atoms with Gasteiger partial charge >= 0.3 is 5.97 Å². The number of aliphatic hydroxyl groups excluding tert-OH is 1. The molecule has 2 unspecified atom stereocenters. The Labute approximate surface area is 205 Å². The molecule has 3 aliphatic heterocycles. The van der Waals surface area contributed by atoms with Crippen molar-refractivity contribution in [3.8, 4) is 0 Å². The maximum Gasteiger partial charge on any atom is 0.306 e. The van der Waals surface area contributed by atoms with Crippen LogP contribution < -0.4 is 10.2 Å². The molecule has 2 N–H and O–H groups in total. The van der Waals surface area contributed by atoms with Gasteiger partial charge in [0.25, 0.3) is 5.91 Å². The van der Waals surface area contributed by atoms with E-state index in [1.807, 2.05) is 32.9 Å². The number of piperidine rings is 1. The molecule has 3 aliphatic rings. The number of benzene rings is 1. The first-order valence-corrected chi connectivity index (χ1v) is 12.2. The maximum absolute atomic E-state index is 12.9. The fourth-order valence-electron chi connectivity index (χ4n) is 4.88. The fourth-order valence-corrected chi connectivity index (χ4v) is 4.88. The number of anilines is 1. The topological polar surface area (TPSA) is 119 Å². The number of fused-ring (bicyclic) bond motifs is 1.